The van der Waals surface area contributed by atoms with Crippen molar-refractivity contribution in [3.8, 4) is 0 Å². The van der Waals surface area contributed by atoms with Gasteiger partial charge in [-0.2, -0.15) is 0 Å². The molecular weight excluding hydrogens is 1170 g/mol. The van der Waals surface area contributed by atoms with Crippen molar-refractivity contribution < 1.29 is 64.6 Å². The van der Waals surface area contributed by atoms with E-state index in [0.717, 1.165) is 83.5 Å². The number of ether oxygens (including phenoxy) is 4. The predicted octanol–water partition coefficient (Wildman–Crippen LogP) is 16.5. The number of nitrogens with one attached hydrogen (secondary N) is 1. The molecule has 2 aliphatic heterocycles. The summed E-state index contributed by atoms with van der Waals surface area (Å²) in [6.07, 6.45) is 71.9. The second-order valence-corrected chi connectivity index (χ2v) is 26.4. The molecule has 2 heterocycles. The van der Waals surface area contributed by atoms with Crippen LogP contribution in [0, 0.1) is 0 Å². The van der Waals surface area contributed by atoms with E-state index in [1.54, 1.807) is 6.08 Å². The Morgan fingerprint density at radius 2 is 0.753 bits per heavy atom. The molecule has 0 saturated carbocycles. The molecule has 9 N–H and O–H groups in total. The lowest BCUT2D eigenvalue weighted by Crippen LogP contribution is -2.65. The lowest BCUT2D eigenvalue weighted by molar-refractivity contribution is -0.359. The molecule has 0 aliphatic carbocycles. The van der Waals surface area contributed by atoms with Gasteiger partial charge in [-0.25, -0.2) is 0 Å². The lowest BCUT2D eigenvalue weighted by atomic mass is 9.97. The van der Waals surface area contributed by atoms with Crippen LogP contribution < -0.4 is 5.32 Å². The summed E-state index contributed by atoms with van der Waals surface area (Å²) in [7, 11) is 0. The number of amides is 1. The molecule has 0 aromatic heterocycles. The molecule has 0 spiro atoms. The maximum Gasteiger partial charge on any atom is 0.220 e. The van der Waals surface area contributed by atoms with Crippen molar-refractivity contribution >= 4 is 5.91 Å². The maximum absolute atomic E-state index is 13.4. The Labute approximate surface area is 566 Å². The molecule has 1 amide bonds. The minimum atomic E-state index is -1.80. The first-order valence-corrected chi connectivity index (χ1v) is 38.0. The first kappa shape index (κ1) is 86.0. The highest BCUT2D eigenvalue weighted by molar-refractivity contribution is 5.76. The standard InChI is InChI=1S/C79H139NO13/c1-3-5-7-9-11-13-15-17-19-21-23-25-27-29-31-32-33-34-35-37-38-40-42-44-46-48-50-52-54-56-58-60-62-68(83)67(66-90-78-76(89)74(87)77(70(65-82)92-78)93-79-75(88)73(86)72(85)69(64-81)91-79)80-71(84)63-61-59-57-55-53-51-49-47-45-43-41-39-36-30-28-26-24-22-20-18-16-14-12-10-8-6-4-2/h6,8,12,14,18,20,24,26,30,36,41,43,52,54,60,62,67-70,72-79,81-83,85-89H,3-5,7,9-11,13,15-17,19,21-23,25,27-29,31-35,37-40,42,44-51,53,55-59,61,63-66H2,1-2H3,(H,80,84)/b8-6-,14-12-,20-18-,26-24-,36-30-,43-41-,54-52+,62-60+. The second-order valence-electron chi connectivity index (χ2n) is 26.4. The van der Waals surface area contributed by atoms with Crippen LogP contribution in [0.5, 0.6) is 0 Å². The van der Waals surface area contributed by atoms with Gasteiger partial charge in [-0.3, -0.25) is 4.79 Å². The Hall–Kier alpha value is -3.09. The molecule has 0 aromatic carbocycles. The summed E-state index contributed by atoms with van der Waals surface area (Å²) < 4.78 is 22.9. The van der Waals surface area contributed by atoms with Crippen molar-refractivity contribution in [2.75, 3.05) is 19.8 Å². The highest BCUT2D eigenvalue weighted by atomic mass is 16.7. The van der Waals surface area contributed by atoms with Crippen LogP contribution in [0.25, 0.3) is 0 Å². The maximum atomic E-state index is 13.4. The third kappa shape index (κ3) is 45.9. The van der Waals surface area contributed by atoms with Crippen molar-refractivity contribution in [1.29, 1.82) is 0 Å². The minimum absolute atomic E-state index is 0.258. The Balaban J connectivity index is 1.67. The van der Waals surface area contributed by atoms with Crippen LogP contribution in [-0.4, -0.2) is 140 Å². The lowest BCUT2D eigenvalue weighted by Gasteiger charge is -2.46. The first-order chi connectivity index (χ1) is 45.6. The van der Waals surface area contributed by atoms with Crippen molar-refractivity contribution in [3.63, 3.8) is 0 Å². The average Bonchev–Trinajstić information content (AvgIpc) is 0.854. The van der Waals surface area contributed by atoms with E-state index in [1.165, 1.54) is 186 Å². The van der Waals surface area contributed by atoms with Crippen LogP contribution >= 0.6 is 0 Å². The molecule has 2 aliphatic rings. The molecule has 12 unspecified atom stereocenters. The Bertz CT molecular complexity index is 1930. The summed E-state index contributed by atoms with van der Waals surface area (Å²) in [4.78, 5) is 13.4. The molecule has 0 aromatic rings. The Morgan fingerprint density at radius 1 is 0.398 bits per heavy atom. The number of hydrogen-bond acceptors (Lipinski definition) is 13. The molecule has 14 nitrogen and oxygen atoms in total. The number of unbranched alkanes of at least 4 members (excludes halogenated alkanes) is 35. The van der Waals surface area contributed by atoms with Crippen LogP contribution in [0.1, 0.15) is 303 Å². The van der Waals surface area contributed by atoms with Crippen LogP contribution in [0.3, 0.4) is 0 Å². The summed E-state index contributed by atoms with van der Waals surface area (Å²) in [5.41, 5.74) is 0. The molecule has 14 heteroatoms. The van der Waals surface area contributed by atoms with E-state index in [4.69, 9.17) is 18.9 Å². The van der Waals surface area contributed by atoms with Gasteiger partial charge in [0.15, 0.2) is 12.6 Å². The monoisotopic (exact) mass is 1310 g/mol. The van der Waals surface area contributed by atoms with E-state index in [2.05, 4.69) is 104 Å². The quantitative estimate of drug-likeness (QED) is 0.0204. The van der Waals surface area contributed by atoms with Crippen LogP contribution in [0.4, 0.5) is 0 Å². The number of aliphatic hydroxyl groups is 8. The normalized spacial score (nSPS) is 23.1. The van der Waals surface area contributed by atoms with Crippen molar-refractivity contribution in [3.05, 3.63) is 97.2 Å². The molecular formula is C79H139NO13. The molecule has 0 bridgehead atoms. The number of carbonyl (C=O) groups is 1. The second kappa shape index (κ2) is 62.4. The van der Waals surface area contributed by atoms with Gasteiger partial charge in [0.2, 0.25) is 5.91 Å². The number of carbonyl (C=O) groups excluding carboxylic acids is 1. The first-order valence-electron chi connectivity index (χ1n) is 38.0. The molecule has 2 rings (SSSR count). The van der Waals surface area contributed by atoms with Crippen LogP contribution in [-0.2, 0) is 23.7 Å². The summed E-state index contributed by atoms with van der Waals surface area (Å²) in [5, 5.41) is 87.6. The molecule has 93 heavy (non-hydrogen) atoms. The third-order valence-corrected chi connectivity index (χ3v) is 18.0. The highest BCUT2D eigenvalue weighted by Crippen LogP contribution is 2.30. The minimum Gasteiger partial charge on any atom is -0.394 e. The van der Waals surface area contributed by atoms with Crippen LogP contribution in [0.15, 0.2) is 97.2 Å². The summed E-state index contributed by atoms with van der Waals surface area (Å²) in [6, 6.07) is -0.945. The van der Waals surface area contributed by atoms with E-state index < -0.39 is 86.8 Å². The highest BCUT2D eigenvalue weighted by Gasteiger charge is 2.51. The topological polar surface area (TPSA) is 228 Å². The number of allylic oxidation sites excluding steroid dienone is 15. The van der Waals surface area contributed by atoms with Gasteiger partial charge in [0, 0.05) is 6.42 Å². The van der Waals surface area contributed by atoms with Crippen LogP contribution in [0.2, 0.25) is 0 Å². The van der Waals surface area contributed by atoms with E-state index in [0.29, 0.717) is 12.8 Å². The van der Waals surface area contributed by atoms with E-state index in [-0.39, 0.29) is 18.9 Å². The zero-order valence-electron chi connectivity index (χ0n) is 58.7. The zero-order valence-corrected chi connectivity index (χ0v) is 58.7. The zero-order chi connectivity index (χ0) is 67.3. The number of hydrogen-bond donors (Lipinski definition) is 9. The molecule has 12 atom stereocenters. The number of aliphatic hydroxyl groups excluding tert-OH is 8. The van der Waals surface area contributed by atoms with E-state index in [1.807, 2.05) is 6.08 Å². The van der Waals surface area contributed by atoms with E-state index in [9.17, 15) is 45.6 Å². The predicted molar refractivity (Wildman–Crippen MR) is 383 cm³/mol. The summed E-state index contributed by atoms with van der Waals surface area (Å²) in [6.45, 7) is 2.69. The SMILES string of the molecule is CC/C=C\C/C=C\C/C=C\C/C=C\C/C=C\C/C=C\CCCCCCCCCCC(=O)NC(COC1OC(CO)C(OC2OC(CO)C(O)C(O)C2O)C(O)C1O)C(O)/C=C/CC/C=C/CCCCCCCCCCCCCCCCCCCCCCCCCCCC. The fourth-order valence-corrected chi connectivity index (χ4v) is 12.0. The molecule has 538 valence electrons. The smallest absolute Gasteiger partial charge is 0.220 e. The van der Waals surface area contributed by atoms with Gasteiger partial charge in [-0.05, 0) is 83.5 Å². The van der Waals surface area contributed by atoms with Crippen molar-refractivity contribution in [2.24, 2.45) is 0 Å². The van der Waals surface area contributed by atoms with Gasteiger partial charge in [0.25, 0.3) is 0 Å². The molecule has 0 radical (unpaired) electrons. The van der Waals surface area contributed by atoms with Gasteiger partial charge < -0.3 is 65.1 Å². The largest absolute Gasteiger partial charge is 0.394 e. The van der Waals surface area contributed by atoms with Gasteiger partial charge in [0.05, 0.1) is 32.0 Å². The number of rotatable bonds is 62. The van der Waals surface area contributed by atoms with E-state index >= 15 is 0 Å². The van der Waals surface area contributed by atoms with Gasteiger partial charge in [-0.15, -0.1) is 0 Å². The van der Waals surface area contributed by atoms with Gasteiger partial charge in [0.1, 0.15) is 48.8 Å². The third-order valence-electron chi connectivity index (χ3n) is 18.0. The van der Waals surface area contributed by atoms with Crippen molar-refractivity contribution in [1.82, 2.24) is 5.32 Å². The van der Waals surface area contributed by atoms with Crippen molar-refractivity contribution in [2.45, 2.75) is 376 Å². The Morgan fingerprint density at radius 3 is 1.18 bits per heavy atom. The fraction of sp³-hybridized carbons (Fsp3) is 0.785. The summed E-state index contributed by atoms with van der Waals surface area (Å²) in [5.74, 6) is -0.259. The fourth-order valence-electron chi connectivity index (χ4n) is 12.0. The Kier molecular flexibility index (Phi) is 57.7. The summed E-state index contributed by atoms with van der Waals surface area (Å²) >= 11 is 0. The van der Waals surface area contributed by atoms with Gasteiger partial charge in [-0.1, -0.05) is 310 Å². The molecule has 2 saturated heterocycles. The van der Waals surface area contributed by atoms with Gasteiger partial charge >= 0.3 is 0 Å². The average molecular weight is 1310 g/mol. The molecule has 2 fully saturated rings.